The number of nitrogens with one attached hydrogen (secondary N) is 2. The molecule has 1 aliphatic rings. The van der Waals surface area contributed by atoms with Gasteiger partial charge >= 0.3 is 6.03 Å². The minimum atomic E-state index is -0.0150. The van der Waals surface area contributed by atoms with Gasteiger partial charge in [0.25, 0.3) is 0 Å². The highest BCUT2D eigenvalue weighted by atomic mass is 16.2. The molecule has 0 radical (unpaired) electrons. The van der Waals surface area contributed by atoms with Crippen molar-refractivity contribution in [3.8, 4) is 0 Å². The van der Waals surface area contributed by atoms with Gasteiger partial charge in [-0.2, -0.15) is 0 Å². The van der Waals surface area contributed by atoms with E-state index < -0.39 is 0 Å². The quantitative estimate of drug-likeness (QED) is 0.750. The largest absolute Gasteiger partial charge is 0.338 e. The number of benzene rings is 1. The number of amides is 3. The Kier molecular flexibility index (Phi) is 7.59. The normalized spacial score (nSPS) is 15.1. The molecule has 0 atom stereocenters. The lowest BCUT2D eigenvalue weighted by molar-refractivity contribution is -0.121. The first-order valence-corrected chi connectivity index (χ1v) is 9.09. The van der Waals surface area contributed by atoms with E-state index in [1.807, 2.05) is 35.2 Å². The van der Waals surface area contributed by atoms with Gasteiger partial charge in [0.15, 0.2) is 0 Å². The summed E-state index contributed by atoms with van der Waals surface area (Å²) in [6.45, 7) is 4.21. The lowest BCUT2D eigenvalue weighted by atomic mass is 9.96. The predicted octanol–water partition coefficient (Wildman–Crippen LogP) is 3.63. The molecule has 3 amide bonds. The summed E-state index contributed by atoms with van der Waals surface area (Å²) in [5.74, 6) is 0.0413. The minimum absolute atomic E-state index is 0.00779. The smallest absolute Gasteiger partial charge is 0.317 e. The number of para-hydroxylation sites is 1. The van der Waals surface area contributed by atoms with Gasteiger partial charge in [-0.05, 0) is 31.4 Å². The van der Waals surface area contributed by atoms with Gasteiger partial charge in [-0.1, -0.05) is 44.4 Å². The maximum Gasteiger partial charge on any atom is 0.317 e. The highest BCUT2D eigenvalue weighted by Gasteiger charge is 2.27. The van der Waals surface area contributed by atoms with Gasteiger partial charge in [0.2, 0.25) is 5.91 Å². The van der Waals surface area contributed by atoms with Crippen LogP contribution < -0.4 is 10.6 Å². The fraction of sp³-hybridized carbons (Fsp3) is 0.579. The number of rotatable bonds is 7. The van der Waals surface area contributed by atoms with Crippen molar-refractivity contribution in [2.24, 2.45) is 5.92 Å². The SMILES string of the molecule is CCCCCCNC(=O)N1CCC(C(=O)Nc2ccccc2)CC1. The van der Waals surface area contributed by atoms with E-state index in [0.29, 0.717) is 13.1 Å². The Bertz CT molecular complexity index is 511. The number of carbonyl (C=O) groups is 2. The van der Waals surface area contributed by atoms with Gasteiger partial charge < -0.3 is 15.5 Å². The molecular formula is C19H29N3O2. The summed E-state index contributed by atoms with van der Waals surface area (Å²) in [7, 11) is 0. The van der Waals surface area contributed by atoms with Crippen LogP contribution in [0.5, 0.6) is 0 Å². The average molecular weight is 331 g/mol. The van der Waals surface area contributed by atoms with E-state index in [1.54, 1.807) is 0 Å². The van der Waals surface area contributed by atoms with Crippen molar-refractivity contribution in [2.45, 2.75) is 45.4 Å². The third-order valence-corrected chi connectivity index (χ3v) is 4.50. The molecule has 0 aromatic heterocycles. The summed E-state index contributed by atoms with van der Waals surface area (Å²) in [6.07, 6.45) is 6.07. The second-order valence-electron chi connectivity index (χ2n) is 6.41. The maximum atomic E-state index is 12.3. The van der Waals surface area contributed by atoms with E-state index >= 15 is 0 Å². The Morgan fingerprint density at radius 3 is 2.46 bits per heavy atom. The van der Waals surface area contributed by atoms with Gasteiger partial charge in [-0.15, -0.1) is 0 Å². The molecule has 0 bridgehead atoms. The summed E-state index contributed by atoms with van der Waals surface area (Å²) in [5, 5.41) is 5.93. The molecule has 5 heteroatoms. The Balaban J connectivity index is 1.67. The van der Waals surface area contributed by atoms with Crippen LogP contribution in [-0.4, -0.2) is 36.5 Å². The van der Waals surface area contributed by atoms with Crippen molar-refractivity contribution in [1.82, 2.24) is 10.2 Å². The molecule has 5 nitrogen and oxygen atoms in total. The van der Waals surface area contributed by atoms with Crippen LogP contribution in [0.4, 0.5) is 10.5 Å². The second kappa shape index (κ2) is 9.96. The monoisotopic (exact) mass is 331 g/mol. The lowest BCUT2D eigenvalue weighted by Crippen LogP contribution is -2.46. The van der Waals surface area contributed by atoms with Crippen molar-refractivity contribution in [3.63, 3.8) is 0 Å². The molecule has 0 unspecified atom stereocenters. The summed E-state index contributed by atoms with van der Waals surface area (Å²) >= 11 is 0. The van der Waals surface area contributed by atoms with E-state index in [1.165, 1.54) is 19.3 Å². The Labute approximate surface area is 144 Å². The molecule has 2 rings (SSSR count). The molecule has 1 fully saturated rings. The number of nitrogens with zero attached hydrogens (tertiary/aromatic N) is 1. The fourth-order valence-corrected chi connectivity index (χ4v) is 2.97. The molecule has 0 spiro atoms. The van der Waals surface area contributed by atoms with Gasteiger partial charge in [0.05, 0.1) is 0 Å². The van der Waals surface area contributed by atoms with Crippen molar-refractivity contribution in [2.75, 3.05) is 25.0 Å². The van der Waals surface area contributed by atoms with Crippen LogP contribution >= 0.6 is 0 Å². The summed E-state index contributed by atoms with van der Waals surface area (Å²) in [5.41, 5.74) is 0.828. The van der Waals surface area contributed by atoms with Gasteiger partial charge in [-0.3, -0.25) is 4.79 Å². The number of hydrogen-bond donors (Lipinski definition) is 2. The number of urea groups is 1. The zero-order valence-electron chi connectivity index (χ0n) is 14.6. The number of hydrogen-bond acceptors (Lipinski definition) is 2. The molecule has 132 valence electrons. The van der Waals surface area contributed by atoms with Gasteiger partial charge in [0, 0.05) is 31.2 Å². The molecule has 1 aromatic rings. The first-order chi connectivity index (χ1) is 11.7. The van der Waals surface area contributed by atoms with Crippen LogP contribution in [0.3, 0.4) is 0 Å². The average Bonchev–Trinajstić information content (AvgIpc) is 2.62. The molecule has 2 N–H and O–H groups in total. The van der Waals surface area contributed by atoms with Crippen molar-refractivity contribution < 1.29 is 9.59 Å². The molecule has 1 aliphatic heterocycles. The van der Waals surface area contributed by atoms with E-state index in [-0.39, 0.29) is 17.9 Å². The van der Waals surface area contributed by atoms with Crippen LogP contribution in [0.25, 0.3) is 0 Å². The first-order valence-electron chi connectivity index (χ1n) is 9.09. The summed E-state index contributed by atoms with van der Waals surface area (Å²) < 4.78 is 0. The van der Waals surface area contributed by atoms with Crippen LogP contribution in [0, 0.1) is 5.92 Å². The Morgan fingerprint density at radius 1 is 1.08 bits per heavy atom. The van der Waals surface area contributed by atoms with Crippen LogP contribution in [0.2, 0.25) is 0 Å². The zero-order chi connectivity index (χ0) is 17.2. The van der Waals surface area contributed by atoms with E-state index in [9.17, 15) is 9.59 Å². The molecule has 0 aliphatic carbocycles. The van der Waals surface area contributed by atoms with E-state index in [4.69, 9.17) is 0 Å². The Hall–Kier alpha value is -2.04. The molecule has 1 saturated heterocycles. The topological polar surface area (TPSA) is 61.4 Å². The number of likely N-dealkylation sites (tertiary alicyclic amines) is 1. The van der Waals surface area contributed by atoms with Crippen molar-refractivity contribution >= 4 is 17.6 Å². The number of unbranched alkanes of at least 4 members (excludes halogenated alkanes) is 3. The lowest BCUT2D eigenvalue weighted by Gasteiger charge is -2.31. The van der Waals surface area contributed by atoms with Gasteiger partial charge in [0.1, 0.15) is 0 Å². The van der Waals surface area contributed by atoms with E-state index in [0.717, 1.165) is 31.5 Å². The van der Waals surface area contributed by atoms with Crippen molar-refractivity contribution in [1.29, 1.82) is 0 Å². The third kappa shape index (κ3) is 5.87. The summed E-state index contributed by atoms with van der Waals surface area (Å²) in [6, 6.07) is 9.52. The van der Waals surface area contributed by atoms with Gasteiger partial charge in [-0.25, -0.2) is 4.79 Å². The molecule has 1 aromatic carbocycles. The minimum Gasteiger partial charge on any atom is -0.338 e. The maximum absolute atomic E-state index is 12.3. The van der Waals surface area contributed by atoms with Crippen LogP contribution in [0.1, 0.15) is 45.4 Å². The number of piperidine rings is 1. The van der Waals surface area contributed by atoms with Crippen LogP contribution in [0.15, 0.2) is 30.3 Å². The summed E-state index contributed by atoms with van der Waals surface area (Å²) in [4.78, 5) is 26.2. The second-order valence-corrected chi connectivity index (χ2v) is 6.41. The predicted molar refractivity (Wildman–Crippen MR) is 96.9 cm³/mol. The highest BCUT2D eigenvalue weighted by Crippen LogP contribution is 2.19. The van der Waals surface area contributed by atoms with E-state index in [2.05, 4.69) is 17.6 Å². The fourth-order valence-electron chi connectivity index (χ4n) is 2.97. The third-order valence-electron chi connectivity index (χ3n) is 4.50. The number of anilines is 1. The molecule has 0 saturated carbocycles. The molecular weight excluding hydrogens is 302 g/mol. The van der Waals surface area contributed by atoms with Crippen molar-refractivity contribution in [3.05, 3.63) is 30.3 Å². The highest BCUT2D eigenvalue weighted by molar-refractivity contribution is 5.92. The molecule has 1 heterocycles. The Morgan fingerprint density at radius 2 is 1.79 bits per heavy atom. The molecule has 24 heavy (non-hydrogen) atoms. The standard InChI is InChI=1S/C19H29N3O2/c1-2-3-4-8-13-20-19(24)22-14-11-16(12-15-22)18(23)21-17-9-6-5-7-10-17/h5-7,9-10,16H,2-4,8,11-15H2,1H3,(H,20,24)(H,21,23). The first kappa shape index (κ1) is 18.3. The zero-order valence-corrected chi connectivity index (χ0v) is 14.6. The van der Waals surface area contributed by atoms with Crippen LogP contribution in [-0.2, 0) is 4.79 Å². The number of carbonyl (C=O) groups excluding carboxylic acids is 2.